The zero-order valence-electron chi connectivity index (χ0n) is 11.5. The summed E-state index contributed by atoms with van der Waals surface area (Å²) in [5, 5.41) is 9.73. The fourth-order valence-electron chi connectivity index (χ4n) is 2.70. The van der Waals surface area contributed by atoms with Gasteiger partial charge in [-0.25, -0.2) is 0 Å². The van der Waals surface area contributed by atoms with Gasteiger partial charge in [-0.1, -0.05) is 19.3 Å². The summed E-state index contributed by atoms with van der Waals surface area (Å²) < 4.78 is 12.1. The molecule has 1 aliphatic rings. The Labute approximate surface area is 115 Å². The Morgan fingerprint density at radius 2 is 1.95 bits per heavy atom. The molecule has 6 heteroatoms. The summed E-state index contributed by atoms with van der Waals surface area (Å²) in [5.74, 6) is 0.196. The molecule has 0 amide bonds. The maximum atomic E-state index is 12.1. The van der Waals surface area contributed by atoms with Crippen molar-refractivity contribution in [3.05, 3.63) is 0 Å². The van der Waals surface area contributed by atoms with Crippen molar-refractivity contribution >= 4 is 13.2 Å². The van der Waals surface area contributed by atoms with Crippen LogP contribution >= 0.6 is 7.37 Å². The Hall–Kier alpha value is -0.220. The van der Waals surface area contributed by atoms with Crippen LogP contribution in [0, 0.1) is 5.92 Å². The van der Waals surface area contributed by atoms with Gasteiger partial charge >= 0.3 is 0 Å². The summed E-state index contributed by atoms with van der Waals surface area (Å²) >= 11 is 0. The third kappa shape index (κ3) is 7.21. The van der Waals surface area contributed by atoms with E-state index in [2.05, 4.69) is 0 Å². The van der Waals surface area contributed by atoms with Gasteiger partial charge in [0.05, 0.1) is 18.8 Å². The molecule has 112 valence electrons. The average molecular weight is 291 g/mol. The van der Waals surface area contributed by atoms with Crippen LogP contribution in [0.4, 0.5) is 0 Å². The van der Waals surface area contributed by atoms with Gasteiger partial charge < -0.3 is 15.7 Å². The highest BCUT2D eigenvalue weighted by atomic mass is 31.2. The van der Waals surface area contributed by atoms with Crippen LogP contribution in [0.5, 0.6) is 0 Å². The van der Waals surface area contributed by atoms with E-state index >= 15 is 0 Å². The number of hydrogen-bond donors (Lipinski definition) is 3. The lowest BCUT2D eigenvalue weighted by Crippen LogP contribution is -2.21. The summed E-state index contributed by atoms with van der Waals surface area (Å²) in [6.45, 7) is -0.0361. The van der Waals surface area contributed by atoms with E-state index < -0.39 is 13.5 Å². The summed E-state index contributed by atoms with van der Waals surface area (Å²) in [4.78, 5) is 21.0. The van der Waals surface area contributed by atoms with Gasteiger partial charge in [0.2, 0.25) is 7.37 Å². The van der Waals surface area contributed by atoms with Gasteiger partial charge in [-0.05, 0) is 25.2 Å². The van der Waals surface area contributed by atoms with Crippen molar-refractivity contribution in [2.45, 2.75) is 51.0 Å². The van der Waals surface area contributed by atoms with E-state index in [4.69, 9.17) is 5.73 Å². The largest absolute Gasteiger partial charge is 0.393 e. The molecule has 1 unspecified atom stereocenters. The number of aliphatic hydroxyl groups excluding tert-OH is 1. The molecule has 4 N–H and O–H groups in total. The third-order valence-electron chi connectivity index (χ3n) is 3.75. The van der Waals surface area contributed by atoms with E-state index in [1.165, 1.54) is 6.42 Å². The minimum atomic E-state index is -3.28. The number of rotatable bonds is 8. The van der Waals surface area contributed by atoms with Crippen molar-refractivity contribution in [2.24, 2.45) is 11.7 Å². The topological polar surface area (TPSA) is 101 Å². The second-order valence-corrected chi connectivity index (χ2v) is 8.07. The van der Waals surface area contributed by atoms with Crippen molar-refractivity contribution < 1.29 is 19.4 Å². The van der Waals surface area contributed by atoms with Crippen molar-refractivity contribution in [3.8, 4) is 0 Å². The minimum absolute atomic E-state index is 0.0361. The van der Waals surface area contributed by atoms with Crippen LogP contribution in [0.1, 0.15) is 44.9 Å². The second kappa shape index (κ2) is 8.15. The first-order chi connectivity index (χ1) is 8.93. The lowest BCUT2D eigenvalue weighted by Gasteiger charge is -2.25. The molecule has 0 heterocycles. The summed E-state index contributed by atoms with van der Waals surface area (Å²) in [6.07, 6.45) is 5.28. The molecule has 0 saturated heterocycles. The van der Waals surface area contributed by atoms with Gasteiger partial charge in [0.25, 0.3) is 0 Å². The quantitative estimate of drug-likeness (QED) is 0.588. The molecule has 1 saturated carbocycles. The zero-order valence-corrected chi connectivity index (χ0v) is 12.4. The number of carbonyl (C=O) groups excluding carboxylic acids is 1. The Morgan fingerprint density at radius 1 is 1.32 bits per heavy atom. The Morgan fingerprint density at radius 3 is 2.53 bits per heavy atom. The normalized spacial score (nSPS) is 21.8. The van der Waals surface area contributed by atoms with E-state index in [-0.39, 0.29) is 31.3 Å². The highest BCUT2D eigenvalue weighted by Gasteiger charge is 2.28. The van der Waals surface area contributed by atoms with E-state index in [1.807, 2.05) is 0 Å². The van der Waals surface area contributed by atoms with Crippen LogP contribution in [-0.2, 0) is 9.36 Å². The molecule has 1 aliphatic carbocycles. The highest BCUT2D eigenvalue weighted by molar-refractivity contribution is 7.58. The van der Waals surface area contributed by atoms with Crippen LogP contribution in [0.15, 0.2) is 0 Å². The molecule has 1 fully saturated rings. The van der Waals surface area contributed by atoms with Crippen molar-refractivity contribution in [2.75, 3.05) is 18.9 Å². The summed E-state index contributed by atoms with van der Waals surface area (Å²) in [6, 6.07) is 0. The predicted molar refractivity (Wildman–Crippen MR) is 75.4 cm³/mol. The molecule has 0 bridgehead atoms. The van der Waals surface area contributed by atoms with E-state index in [0.29, 0.717) is 12.1 Å². The van der Waals surface area contributed by atoms with Crippen molar-refractivity contribution in [1.29, 1.82) is 0 Å². The lowest BCUT2D eigenvalue weighted by molar-refractivity contribution is -0.118. The molecule has 0 aromatic rings. The highest BCUT2D eigenvalue weighted by Crippen LogP contribution is 2.46. The molecule has 0 radical (unpaired) electrons. The first kappa shape index (κ1) is 16.8. The number of hydrogen-bond acceptors (Lipinski definition) is 4. The van der Waals surface area contributed by atoms with E-state index in [1.54, 1.807) is 0 Å². The second-order valence-electron chi connectivity index (χ2n) is 5.65. The predicted octanol–water partition coefficient (Wildman–Crippen LogP) is 1.51. The molecular formula is C13H26NO4P. The summed E-state index contributed by atoms with van der Waals surface area (Å²) in [5.41, 5.74) is 5.17. The molecule has 0 aromatic carbocycles. The van der Waals surface area contributed by atoms with Gasteiger partial charge in [-0.15, -0.1) is 0 Å². The van der Waals surface area contributed by atoms with Crippen LogP contribution in [0.25, 0.3) is 0 Å². The molecule has 2 atom stereocenters. The number of carbonyl (C=O) groups is 1. The standard InChI is InChI=1S/C13H26NO4P/c14-8-12(15)6-7-13(16)10-19(17,18)9-11-4-2-1-3-5-11/h11,13,16H,1-10,14H2,(H,17,18)/t13-/m1/s1. The van der Waals surface area contributed by atoms with Gasteiger partial charge in [0.1, 0.15) is 5.78 Å². The Balaban J connectivity index is 2.31. The molecule has 0 spiro atoms. The average Bonchev–Trinajstić information content (AvgIpc) is 2.36. The Kier molecular flexibility index (Phi) is 7.22. The summed E-state index contributed by atoms with van der Waals surface area (Å²) in [7, 11) is -3.28. The number of Topliss-reactive ketones (excluding diaryl/α,β-unsaturated/α-hetero) is 1. The number of aliphatic hydroxyl groups is 1. The smallest absolute Gasteiger partial charge is 0.203 e. The first-order valence-electron chi connectivity index (χ1n) is 7.13. The van der Waals surface area contributed by atoms with Gasteiger partial charge in [-0.2, -0.15) is 0 Å². The maximum Gasteiger partial charge on any atom is 0.203 e. The lowest BCUT2D eigenvalue weighted by atomic mass is 9.91. The van der Waals surface area contributed by atoms with Crippen LogP contribution in [0.2, 0.25) is 0 Å². The maximum absolute atomic E-state index is 12.1. The SMILES string of the molecule is NCC(=O)CC[C@@H](O)CP(=O)(O)CC1CCCCC1. The van der Waals surface area contributed by atoms with Gasteiger partial charge in [0.15, 0.2) is 0 Å². The van der Waals surface area contributed by atoms with Gasteiger partial charge in [0, 0.05) is 12.6 Å². The molecule has 0 aromatic heterocycles. The van der Waals surface area contributed by atoms with Gasteiger partial charge in [-0.3, -0.25) is 9.36 Å². The van der Waals surface area contributed by atoms with E-state index in [9.17, 15) is 19.4 Å². The van der Waals surface area contributed by atoms with Crippen molar-refractivity contribution in [3.63, 3.8) is 0 Å². The Bertz CT molecular complexity index is 329. The molecule has 5 nitrogen and oxygen atoms in total. The minimum Gasteiger partial charge on any atom is -0.393 e. The van der Waals surface area contributed by atoms with Crippen LogP contribution in [0.3, 0.4) is 0 Å². The van der Waals surface area contributed by atoms with Crippen LogP contribution in [-0.4, -0.2) is 40.8 Å². The van der Waals surface area contributed by atoms with Crippen molar-refractivity contribution in [1.82, 2.24) is 0 Å². The number of ketones is 1. The first-order valence-corrected chi connectivity index (χ1v) is 9.16. The molecule has 1 rings (SSSR count). The number of nitrogens with two attached hydrogens (primary N) is 1. The monoisotopic (exact) mass is 291 g/mol. The fourth-order valence-corrected chi connectivity index (χ4v) is 4.86. The molecular weight excluding hydrogens is 265 g/mol. The molecule has 19 heavy (non-hydrogen) atoms. The van der Waals surface area contributed by atoms with Crippen LogP contribution < -0.4 is 5.73 Å². The fraction of sp³-hybridized carbons (Fsp3) is 0.923. The third-order valence-corrected chi connectivity index (χ3v) is 5.83. The molecule has 0 aliphatic heterocycles. The van der Waals surface area contributed by atoms with E-state index in [0.717, 1.165) is 25.7 Å². The zero-order chi connectivity index (χ0) is 14.3.